The first-order chi connectivity index (χ1) is 9.13. The lowest BCUT2D eigenvalue weighted by molar-refractivity contribution is -0.116. The molecule has 0 saturated carbocycles. The maximum absolute atomic E-state index is 11.6. The third-order valence-corrected chi connectivity index (χ3v) is 3.11. The second kappa shape index (κ2) is 6.01. The topological polar surface area (TPSA) is 88.0 Å². The van der Waals surface area contributed by atoms with E-state index in [1.54, 1.807) is 23.6 Å². The van der Waals surface area contributed by atoms with Gasteiger partial charge in [-0.05, 0) is 23.8 Å². The Morgan fingerprint density at radius 3 is 2.74 bits per heavy atom. The molecule has 1 aromatic carbocycles. The van der Waals surface area contributed by atoms with Gasteiger partial charge >= 0.3 is 4.87 Å². The Labute approximate surface area is 113 Å². The van der Waals surface area contributed by atoms with E-state index < -0.39 is 0 Å². The lowest BCUT2D eigenvalue weighted by atomic mass is 10.2. The van der Waals surface area contributed by atoms with Gasteiger partial charge in [0, 0.05) is 22.8 Å². The van der Waals surface area contributed by atoms with Crippen LogP contribution >= 0.6 is 11.3 Å². The molecule has 4 N–H and O–H groups in total. The van der Waals surface area contributed by atoms with E-state index in [1.807, 2.05) is 12.1 Å². The number of carbonyl (C=O) groups is 1. The van der Waals surface area contributed by atoms with Gasteiger partial charge in [-0.25, -0.2) is 0 Å². The van der Waals surface area contributed by atoms with Crippen LogP contribution in [0.25, 0.3) is 6.08 Å². The average Bonchev–Trinajstić information content (AvgIpc) is 2.81. The van der Waals surface area contributed by atoms with Crippen molar-refractivity contribution in [2.75, 3.05) is 5.73 Å². The molecule has 1 amide bonds. The third-order valence-electron chi connectivity index (χ3n) is 2.39. The van der Waals surface area contributed by atoms with E-state index in [0.717, 1.165) is 16.9 Å². The molecule has 2 rings (SSSR count). The van der Waals surface area contributed by atoms with Crippen molar-refractivity contribution < 1.29 is 4.79 Å². The summed E-state index contributed by atoms with van der Waals surface area (Å²) in [5.41, 5.74) is 7.84. The average molecular weight is 275 g/mol. The van der Waals surface area contributed by atoms with E-state index in [9.17, 15) is 9.59 Å². The fourth-order valence-corrected chi connectivity index (χ4v) is 2.00. The fraction of sp³-hybridized carbons (Fsp3) is 0.0769. The molecule has 1 aromatic heterocycles. The predicted molar refractivity (Wildman–Crippen MR) is 76.7 cm³/mol. The van der Waals surface area contributed by atoms with E-state index >= 15 is 0 Å². The Morgan fingerprint density at radius 1 is 1.37 bits per heavy atom. The number of hydrogen-bond donors (Lipinski definition) is 3. The SMILES string of the molecule is Nc1ccc(/C=C/C(=O)NCc2csc(=O)[nH]2)cc1. The summed E-state index contributed by atoms with van der Waals surface area (Å²) < 4.78 is 0. The molecule has 1 heterocycles. The van der Waals surface area contributed by atoms with Crippen LogP contribution in [0.3, 0.4) is 0 Å². The standard InChI is InChI=1S/C13H13N3O2S/c14-10-4-1-9(2-5-10)3-6-12(17)15-7-11-8-19-13(18)16-11/h1-6,8H,7,14H2,(H,15,17)(H,16,18)/b6-3+. The van der Waals surface area contributed by atoms with Crippen LogP contribution in [-0.4, -0.2) is 10.9 Å². The Bertz CT molecular complexity index is 640. The Morgan fingerprint density at radius 2 is 2.11 bits per heavy atom. The monoisotopic (exact) mass is 275 g/mol. The van der Waals surface area contributed by atoms with Crippen LogP contribution in [0.15, 0.2) is 40.5 Å². The van der Waals surface area contributed by atoms with Crippen LogP contribution in [-0.2, 0) is 11.3 Å². The first-order valence-corrected chi connectivity index (χ1v) is 6.49. The van der Waals surface area contributed by atoms with Crippen molar-refractivity contribution in [3.05, 3.63) is 56.6 Å². The fourth-order valence-electron chi connectivity index (χ4n) is 1.42. The lowest BCUT2D eigenvalue weighted by Gasteiger charge is -1.99. The number of carbonyl (C=O) groups excluding carboxylic acids is 1. The van der Waals surface area contributed by atoms with Crippen LogP contribution in [0.1, 0.15) is 11.3 Å². The number of nitrogens with two attached hydrogens (primary N) is 1. The van der Waals surface area contributed by atoms with Gasteiger partial charge in [-0.3, -0.25) is 9.59 Å². The minimum Gasteiger partial charge on any atom is -0.399 e. The Kier molecular flexibility index (Phi) is 4.15. The second-order valence-corrected chi connectivity index (χ2v) is 4.73. The van der Waals surface area contributed by atoms with Crippen LogP contribution in [0.2, 0.25) is 0 Å². The number of aromatic nitrogens is 1. The van der Waals surface area contributed by atoms with Gasteiger partial charge in [-0.2, -0.15) is 0 Å². The second-order valence-electron chi connectivity index (χ2n) is 3.89. The molecular weight excluding hydrogens is 262 g/mol. The molecule has 0 saturated heterocycles. The van der Waals surface area contributed by atoms with Gasteiger partial charge in [0.25, 0.3) is 0 Å². The van der Waals surface area contributed by atoms with Gasteiger partial charge in [0.1, 0.15) is 0 Å². The molecule has 0 aliphatic carbocycles. The quantitative estimate of drug-likeness (QED) is 0.581. The molecule has 98 valence electrons. The summed E-state index contributed by atoms with van der Waals surface area (Å²) in [4.78, 5) is 24.9. The molecule has 5 nitrogen and oxygen atoms in total. The number of nitrogens with one attached hydrogen (secondary N) is 2. The van der Waals surface area contributed by atoms with Gasteiger partial charge in [0.2, 0.25) is 5.91 Å². The van der Waals surface area contributed by atoms with E-state index in [-0.39, 0.29) is 10.8 Å². The van der Waals surface area contributed by atoms with Crippen LogP contribution < -0.4 is 15.9 Å². The summed E-state index contributed by atoms with van der Waals surface area (Å²) in [6.45, 7) is 0.309. The molecule has 0 spiro atoms. The summed E-state index contributed by atoms with van der Waals surface area (Å²) >= 11 is 1.08. The molecule has 0 aliphatic rings. The minimum absolute atomic E-state index is 0.123. The summed E-state index contributed by atoms with van der Waals surface area (Å²) in [6, 6.07) is 7.20. The highest BCUT2D eigenvalue weighted by Crippen LogP contribution is 2.06. The summed E-state index contributed by atoms with van der Waals surface area (Å²) in [5, 5.41) is 4.37. The normalized spacial score (nSPS) is 10.7. The van der Waals surface area contributed by atoms with Gasteiger partial charge in [0.15, 0.2) is 0 Å². The zero-order valence-corrected chi connectivity index (χ0v) is 10.9. The van der Waals surface area contributed by atoms with Crippen molar-refractivity contribution >= 4 is 29.0 Å². The van der Waals surface area contributed by atoms with Gasteiger partial charge < -0.3 is 16.0 Å². The number of thiazole rings is 1. The number of benzene rings is 1. The molecule has 0 bridgehead atoms. The lowest BCUT2D eigenvalue weighted by Crippen LogP contribution is -2.20. The highest BCUT2D eigenvalue weighted by Gasteiger charge is 1.99. The number of hydrogen-bond acceptors (Lipinski definition) is 4. The number of anilines is 1. The van der Waals surface area contributed by atoms with E-state index in [2.05, 4.69) is 10.3 Å². The Hall–Kier alpha value is -2.34. The predicted octanol–water partition coefficient (Wildman–Crippen LogP) is 1.35. The van der Waals surface area contributed by atoms with Gasteiger partial charge in [-0.1, -0.05) is 23.5 Å². The number of nitrogen functional groups attached to an aromatic ring is 1. The maximum Gasteiger partial charge on any atom is 0.304 e. The zero-order valence-electron chi connectivity index (χ0n) is 10.1. The zero-order chi connectivity index (χ0) is 13.7. The van der Waals surface area contributed by atoms with E-state index in [0.29, 0.717) is 17.9 Å². The molecule has 0 radical (unpaired) electrons. The van der Waals surface area contributed by atoms with Crippen molar-refractivity contribution in [3.8, 4) is 0 Å². The highest BCUT2D eigenvalue weighted by atomic mass is 32.1. The molecule has 19 heavy (non-hydrogen) atoms. The smallest absolute Gasteiger partial charge is 0.304 e. The van der Waals surface area contributed by atoms with Crippen molar-refractivity contribution in [3.63, 3.8) is 0 Å². The molecule has 0 fully saturated rings. The van der Waals surface area contributed by atoms with Crippen LogP contribution in [0.5, 0.6) is 0 Å². The summed E-state index contributed by atoms with van der Waals surface area (Å²) in [7, 11) is 0. The van der Waals surface area contributed by atoms with Gasteiger partial charge in [-0.15, -0.1) is 0 Å². The highest BCUT2D eigenvalue weighted by molar-refractivity contribution is 7.07. The third kappa shape index (κ3) is 4.11. The first kappa shape index (κ1) is 13.1. The van der Waals surface area contributed by atoms with Crippen molar-refractivity contribution in [2.24, 2.45) is 0 Å². The number of rotatable bonds is 4. The molecule has 6 heteroatoms. The molecule has 0 unspecified atom stereocenters. The van der Waals surface area contributed by atoms with E-state index in [1.165, 1.54) is 6.08 Å². The summed E-state index contributed by atoms with van der Waals surface area (Å²) in [6.07, 6.45) is 3.14. The van der Waals surface area contributed by atoms with Crippen LogP contribution in [0.4, 0.5) is 5.69 Å². The van der Waals surface area contributed by atoms with Gasteiger partial charge in [0.05, 0.1) is 6.54 Å². The first-order valence-electron chi connectivity index (χ1n) is 5.61. The van der Waals surface area contributed by atoms with Crippen molar-refractivity contribution in [1.29, 1.82) is 0 Å². The minimum atomic E-state index is -0.219. The number of H-pyrrole nitrogens is 1. The molecule has 0 aliphatic heterocycles. The van der Waals surface area contributed by atoms with E-state index in [4.69, 9.17) is 5.73 Å². The largest absolute Gasteiger partial charge is 0.399 e. The number of amides is 1. The maximum atomic E-state index is 11.6. The Balaban J connectivity index is 1.87. The summed E-state index contributed by atoms with van der Waals surface area (Å²) in [5.74, 6) is -0.219. The van der Waals surface area contributed by atoms with Crippen molar-refractivity contribution in [1.82, 2.24) is 10.3 Å². The molecule has 0 atom stereocenters. The number of aromatic amines is 1. The molecule has 2 aromatic rings. The van der Waals surface area contributed by atoms with Crippen LogP contribution in [0, 0.1) is 0 Å². The molecular formula is C13H13N3O2S. The van der Waals surface area contributed by atoms with Crippen molar-refractivity contribution in [2.45, 2.75) is 6.54 Å².